The Balaban J connectivity index is 1.58. The average molecular weight is 488 g/mol. The third kappa shape index (κ3) is 4.81. The zero-order chi connectivity index (χ0) is 22.9. The molecule has 2 aromatic heterocycles. The molecule has 3 aromatic rings. The normalized spacial score (nSPS) is 18.4. The van der Waals surface area contributed by atoms with Crippen LogP contribution in [0.1, 0.15) is 61.1 Å². The molecule has 33 heavy (non-hydrogen) atoms. The topological polar surface area (TPSA) is 65.3 Å². The van der Waals surface area contributed by atoms with Crippen LogP contribution in [0.5, 0.6) is 5.75 Å². The minimum Gasteiger partial charge on any atom is -0.497 e. The van der Waals surface area contributed by atoms with E-state index in [1.165, 1.54) is 0 Å². The molecule has 2 aliphatic rings. The van der Waals surface area contributed by atoms with Crippen LogP contribution in [0.25, 0.3) is 0 Å². The molecule has 0 spiro atoms. The van der Waals surface area contributed by atoms with E-state index in [9.17, 15) is 0 Å². The molecular formula is C24H27Cl2N5O2. The maximum absolute atomic E-state index is 6.58. The lowest BCUT2D eigenvalue weighted by Crippen LogP contribution is -2.23. The lowest BCUT2D eigenvalue weighted by molar-refractivity contribution is -0.0405. The zero-order valence-corrected chi connectivity index (χ0v) is 20.3. The van der Waals surface area contributed by atoms with Crippen molar-refractivity contribution in [2.24, 2.45) is 0 Å². The number of aryl methyl sites for hydroxylation is 1. The summed E-state index contributed by atoms with van der Waals surface area (Å²) in [5.41, 5.74) is 3.07. The van der Waals surface area contributed by atoms with E-state index in [4.69, 9.17) is 37.8 Å². The van der Waals surface area contributed by atoms with Gasteiger partial charge in [-0.2, -0.15) is 10.1 Å². The highest BCUT2D eigenvalue weighted by Crippen LogP contribution is 2.48. The van der Waals surface area contributed by atoms with Crippen LogP contribution in [-0.2, 0) is 11.3 Å². The third-order valence-electron chi connectivity index (χ3n) is 6.21. The Morgan fingerprint density at radius 2 is 1.91 bits per heavy atom. The summed E-state index contributed by atoms with van der Waals surface area (Å²) in [6.45, 7) is 3.37. The highest BCUT2D eigenvalue weighted by atomic mass is 35.5. The van der Waals surface area contributed by atoms with Gasteiger partial charge in [-0.05, 0) is 74.2 Å². The molecule has 0 radical (unpaired) electrons. The second-order valence-electron chi connectivity index (χ2n) is 8.64. The van der Waals surface area contributed by atoms with Gasteiger partial charge >= 0.3 is 0 Å². The molecule has 3 heterocycles. The summed E-state index contributed by atoms with van der Waals surface area (Å²) in [5.74, 6) is 2.65. The first-order valence-electron chi connectivity index (χ1n) is 11.3. The van der Waals surface area contributed by atoms with Gasteiger partial charge in [-0.3, -0.25) is 0 Å². The number of benzene rings is 1. The molecule has 5 rings (SSSR count). The fourth-order valence-electron chi connectivity index (χ4n) is 4.32. The number of rotatable bonds is 7. The standard InChI is InChI=1S/C24H27Cl2N5O2/c1-15-13-19(29-31(15)20-5-3-4-12-33-20)30(14-16-6-10-18(32-2)11-7-16)23-21(17-8-9-17)22(25)27-24(26)28-23/h6-7,10-11,13,17,20H,3-5,8-9,12,14H2,1-2H3. The van der Waals surface area contributed by atoms with Crippen LogP contribution >= 0.6 is 23.2 Å². The summed E-state index contributed by atoms with van der Waals surface area (Å²) in [6, 6.07) is 10.1. The van der Waals surface area contributed by atoms with Crippen LogP contribution in [0.3, 0.4) is 0 Å². The van der Waals surface area contributed by atoms with Gasteiger partial charge in [0, 0.05) is 23.9 Å². The predicted molar refractivity (Wildman–Crippen MR) is 129 cm³/mol. The molecule has 9 heteroatoms. The highest BCUT2D eigenvalue weighted by molar-refractivity contribution is 6.32. The van der Waals surface area contributed by atoms with Gasteiger partial charge in [0.05, 0.1) is 13.7 Å². The van der Waals surface area contributed by atoms with E-state index in [2.05, 4.69) is 27.9 Å². The van der Waals surface area contributed by atoms with Gasteiger partial charge < -0.3 is 14.4 Å². The quantitative estimate of drug-likeness (QED) is 0.291. The van der Waals surface area contributed by atoms with Crippen molar-refractivity contribution in [2.75, 3.05) is 18.6 Å². The number of methoxy groups -OCH3 is 1. The molecule has 0 amide bonds. The lowest BCUT2D eigenvalue weighted by Gasteiger charge is -2.26. The van der Waals surface area contributed by atoms with Crippen LogP contribution < -0.4 is 9.64 Å². The maximum atomic E-state index is 6.58. The van der Waals surface area contributed by atoms with Crippen molar-refractivity contribution < 1.29 is 9.47 Å². The molecule has 1 saturated carbocycles. The summed E-state index contributed by atoms with van der Waals surface area (Å²) in [5, 5.41) is 5.51. The largest absolute Gasteiger partial charge is 0.497 e. The van der Waals surface area contributed by atoms with Crippen LogP contribution in [0.15, 0.2) is 30.3 Å². The van der Waals surface area contributed by atoms with Crippen LogP contribution in [0, 0.1) is 6.92 Å². The van der Waals surface area contributed by atoms with E-state index in [0.29, 0.717) is 23.4 Å². The van der Waals surface area contributed by atoms with E-state index in [1.807, 2.05) is 28.9 Å². The van der Waals surface area contributed by atoms with Crippen molar-refractivity contribution in [2.45, 2.75) is 57.7 Å². The molecule has 1 unspecified atom stereocenters. The number of aromatic nitrogens is 4. The summed E-state index contributed by atoms with van der Waals surface area (Å²) >= 11 is 12.9. The minimum absolute atomic E-state index is 0.0455. The van der Waals surface area contributed by atoms with Crippen LogP contribution in [0.2, 0.25) is 10.4 Å². The smallest absolute Gasteiger partial charge is 0.225 e. The number of ether oxygens (including phenoxy) is 2. The zero-order valence-electron chi connectivity index (χ0n) is 18.8. The van der Waals surface area contributed by atoms with E-state index in [1.54, 1.807) is 7.11 Å². The average Bonchev–Trinajstić information content (AvgIpc) is 3.58. The lowest BCUT2D eigenvalue weighted by atomic mass is 10.1. The number of anilines is 2. The van der Waals surface area contributed by atoms with E-state index in [0.717, 1.165) is 67.1 Å². The SMILES string of the molecule is COc1ccc(CN(c2cc(C)n(C3CCCCO3)n2)c2nc(Cl)nc(Cl)c2C2CC2)cc1. The molecule has 1 aliphatic carbocycles. The van der Waals surface area contributed by atoms with Crippen molar-refractivity contribution in [1.82, 2.24) is 19.7 Å². The molecule has 2 fully saturated rings. The van der Waals surface area contributed by atoms with Crippen molar-refractivity contribution in [3.05, 3.63) is 57.6 Å². The molecule has 1 saturated heterocycles. The van der Waals surface area contributed by atoms with Crippen LogP contribution in [-0.4, -0.2) is 33.5 Å². The number of hydrogen-bond donors (Lipinski definition) is 0. The summed E-state index contributed by atoms with van der Waals surface area (Å²) < 4.78 is 13.3. The van der Waals surface area contributed by atoms with Gasteiger partial charge in [0.1, 0.15) is 16.7 Å². The van der Waals surface area contributed by atoms with Gasteiger partial charge in [0.15, 0.2) is 12.0 Å². The third-order valence-corrected chi connectivity index (χ3v) is 6.66. The van der Waals surface area contributed by atoms with Crippen LogP contribution in [0.4, 0.5) is 11.6 Å². The summed E-state index contributed by atoms with van der Waals surface area (Å²) in [4.78, 5) is 11.0. The monoisotopic (exact) mass is 487 g/mol. The molecule has 7 nitrogen and oxygen atoms in total. The Labute approximate surface area is 203 Å². The van der Waals surface area contributed by atoms with Crippen molar-refractivity contribution in [3.8, 4) is 5.75 Å². The van der Waals surface area contributed by atoms with E-state index < -0.39 is 0 Å². The summed E-state index contributed by atoms with van der Waals surface area (Å²) in [6.07, 6.45) is 5.28. The number of hydrogen-bond acceptors (Lipinski definition) is 6. The fraction of sp³-hybridized carbons (Fsp3) is 0.458. The number of halogens is 2. The second-order valence-corrected chi connectivity index (χ2v) is 9.34. The Bertz CT molecular complexity index is 1120. The molecular weight excluding hydrogens is 461 g/mol. The molecule has 0 N–H and O–H groups in total. The fourth-order valence-corrected chi connectivity index (χ4v) is 4.85. The first kappa shape index (κ1) is 22.4. The minimum atomic E-state index is -0.0455. The Morgan fingerprint density at radius 1 is 1.12 bits per heavy atom. The molecule has 1 atom stereocenters. The first-order chi connectivity index (χ1) is 16.0. The maximum Gasteiger partial charge on any atom is 0.225 e. The number of nitrogens with zero attached hydrogens (tertiary/aromatic N) is 5. The van der Waals surface area contributed by atoms with Crippen molar-refractivity contribution >= 4 is 34.8 Å². The van der Waals surface area contributed by atoms with Crippen molar-refractivity contribution in [1.29, 1.82) is 0 Å². The van der Waals surface area contributed by atoms with Gasteiger partial charge in [-0.15, -0.1) is 0 Å². The summed E-state index contributed by atoms with van der Waals surface area (Å²) in [7, 11) is 1.66. The Kier molecular flexibility index (Phi) is 6.45. The van der Waals surface area contributed by atoms with Gasteiger partial charge in [-0.25, -0.2) is 9.67 Å². The Hall–Kier alpha value is -2.35. The molecule has 1 aromatic carbocycles. The molecule has 0 bridgehead atoms. The molecule has 174 valence electrons. The van der Waals surface area contributed by atoms with E-state index >= 15 is 0 Å². The van der Waals surface area contributed by atoms with E-state index in [-0.39, 0.29) is 11.5 Å². The predicted octanol–water partition coefficient (Wildman–Crippen LogP) is 6.21. The van der Waals surface area contributed by atoms with Gasteiger partial charge in [0.2, 0.25) is 5.28 Å². The first-order valence-corrected chi connectivity index (χ1v) is 12.1. The van der Waals surface area contributed by atoms with Gasteiger partial charge in [0.25, 0.3) is 0 Å². The molecule has 1 aliphatic heterocycles. The second kappa shape index (κ2) is 9.49. The van der Waals surface area contributed by atoms with Gasteiger partial charge in [-0.1, -0.05) is 23.7 Å². The Morgan fingerprint density at radius 3 is 2.58 bits per heavy atom. The van der Waals surface area contributed by atoms with Crippen molar-refractivity contribution in [3.63, 3.8) is 0 Å². The highest BCUT2D eigenvalue weighted by Gasteiger charge is 2.34.